The summed E-state index contributed by atoms with van der Waals surface area (Å²) < 4.78 is 111. The van der Waals surface area contributed by atoms with E-state index < -0.39 is 41.4 Å². The number of ketones is 1. The molecule has 49 heavy (non-hydrogen) atoms. The first-order valence-corrected chi connectivity index (χ1v) is 16.2. The fourth-order valence-electron chi connectivity index (χ4n) is 3.41. The first-order chi connectivity index (χ1) is 23.9. The molecule has 0 atom stereocenters. The van der Waals surface area contributed by atoms with E-state index in [0.29, 0.717) is 125 Å². The highest BCUT2D eigenvalue weighted by molar-refractivity contribution is 5.78. The van der Waals surface area contributed by atoms with Gasteiger partial charge in [-0.15, -0.1) is 0 Å². The zero-order chi connectivity index (χ0) is 35.8. The molecule has 0 aliphatic rings. The van der Waals surface area contributed by atoms with Crippen LogP contribution in [0.3, 0.4) is 0 Å². The summed E-state index contributed by atoms with van der Waals surface area (Å²) in [6, 6.07) is 0.0167. The minimum Gasteiger partial charge on any atom is -0.420 e. The molecule has 13 nitrogen and oxygen atoms in total. The molecule has 0 heterocycles. The quantitative estimate of drug-likeness (QED) is 0.0335. The van der Waals surface area contributed by atoms with E-state index in [-0.39, 0.29) is 31.7 Å². The maximum atomic E-state index is 13.5. The Labute approximate surface area is 284 Å². The number of benzene rings is 1. The molecular formula is C32H50F4O13. The molecule has 0 aromatic heterocycles. The number of Topliss-reactive ketones (excluding diaryl/α,β-unsaturated/α-hetero) is 1. The number of halogens is 4. The van der Waals surface area contributed by atoms with Crippen molar-refractivity contribution in [2.24, 2.45) is 0 Å². The lowest BCUT2D eigenvalue weighted by atomic mass is 10.2. The molecule has 0 fully saturated rings. The van der Waals surface area contributed by atoms with Gasteiger partial charge in [0.05, 0.1) is 139 Å². The van der Waals surface area contributed by atoms with Gasteiger partial charge in [0.25, 0.3) is 0 Å². The lowest BCUT2D eigenvalue weighted by Crippen LogP contribution is -2.16. The second-order valence-corrected chi connectivity index (χ2v) is 9.79. The van der Waals surface area contributed by atoms with Crippen LogP contribution in [0.25, 0.3) is 0 Å². The number of rotatable bonds is 35. The molecule has 0 aliphatic carbocycles. The summed E-state index contributed by atoms with van der Waals surface area (Å²) >= 11 is 0. The monoisotopic (exact) mass is 718 g/mol. The Bertz CT molecular complexity index is 965. The molecule has 0 spiro atoms. The SMILES string of the molecule is CCC(=O)CCOCCOCCOCCOCCOCCOCCOCCOCCOCCOCCC(=O)Oc1c(F)c(F)cc(F)c1F. The van der Waals surface area contributed by atoms with Crippen LogP contribution in [0.5, 0.6) is 5.75 Å². The third-order valence-electron chi connectivity index (χ3n) is 6.01. The van der Waals surface area contributed by atoms with E-state index in [9.17, 15) is 27.2 Å². The Morgan fingerprint density at radius 1 is 0.449 bits per heavy atom. The van der Waals surface area contributed by atoms with E-state index in [1.807, 2.05) is 6.92 Å². The smallest absolute Gasteiger partial charge is 0.313 e. The van der Waals surface area contributed by atoms with Crippen LogP contribution < -0.4 is 4.74 Å². The third kappa shape index (κ3) is 25.3. The highest BCUT2D eigenvalue weighted by atomic mass is 19.2. The van der Waals surface area contributed by atoms with E-state index in [1.165, 1.54) is 0 Å². The van der Waals surface area contributed by atoms with Crippen molar-refractivity contribution < 1.29 is 79.3 Å². The summed E-state index contributed by atoms with van der Waals surface area (Å²) in [5.41, 5.74) is 0. The van der Waals surface area contributed by atoms with Crippen LogP contribution in [0.15, 0.2) is 6.07 Å². The van der Waals surface area contributed by atoms with Gasteiger partial charge in [-0.2, -0.15) is 8.78 Å². The molecule has 1 aromatic carbocycles. The van der Waals surface area contributed by atoms with Crippen molar-refractivity contribution >= 4 is 11.8 Å². The van der Waals surface area contributed by atoms with Crippen LogP contribution in [0.1, 0.15) is 26.2 Å². The largest absolute Gasteiger partial charge is 0.420 e. The van der Waals surface area contributed by atoms with Gasteiger partial charge < -0.3 is 52.1 Å². The second-order valence-electron chi connectivity index (χ2n) is 9.79. The lowest BCUT2D eigenvalue weighted by Gasteiger charge is -2.09. The molecule has 0 bridgehead atoms. The maximum Gasteiger partial charge on any atom is 0.313 e. The lowest BCUT2D eigenvalue weighted by molar-refractivity contribution is -0.136. The number of carbonyl (C=O) groups is 2. The molecule has 17 heteroatoms. The van der Waals surface area contributed by atoms with Gasteiger partial charge in [0.1, 0.15) is 5.78 Å². The molecule has 1 rings (SSSR count). The van der Waals surface area contributed by atoms with Gasteiger partial charge in [-0.3, -0.25) is 9.59 Å². The number of ether oxygens (including phenoxy) is 11. The van der Waals surface area contributed by atoms with Crippen molar-refractivity contribution in [1.82, 2.24) is 0 Å². The zero-order valence-electron chi connectivity index (χ0n) is 28.2. The van der Waals surface area contributed by atoms with Crippen LogP contribution >= 0.6 is 0 Å². The van der Waals surface area contributed by atoms with Crippen LogP contribution in [0.2, 0.25) is 0 Å². The van der Waals surface area contributed by atoms with Crippen molar-refractivity contribution in [2.45, 2.75) is 26.2 Å². The first kappa shape index (κ1) is 44.7. The topological polar surface area (TPSA) is 136 Å². The van der Waals surface area contributed by atoms with Crippen molar-refractivity contribution in [3.8, 4) is 5.75 Å². The highest BCUT2D eigenvalue weighted by Gasteiger charge is 2.22. The zero-order valence-corrected chi connectivity index (χ0v) is 28.2. The van der Waals surface area contributed by atoms with Crippen molar-refractivity contribution in [1.29, 1.82) is 0 Å². The number of esters is 1. The number of hydrogen-bond acceptors (Lipinski definition) is 13. The van der Waals surface area contributed by atoms with Crippen LogP contribution in [0.4, 0.5) is 17.6 Å². The molecule has 0 N–H and O–H groups in total. The van der Waals surface area contributed by atoms with E-state index in [0.717, 1.165) is 0 Å². The first-order valence-electron chi connectivity index (χ1n) is 16.2. The molecule has 0 saturated carbocycles. The van der Waals surface area contributed by atoms with Gasteiger partial charge in [0, 0.05) is 18.9 Å². The third-order valence-corrected chi connectivity index (χ3v) is 6.01. The van der Waals surface area contributed by atoms with Gasteiger partial charge in [-0.05, 0) is 0 Å². The van der Waals surface area contributed by atoms with Crippen LogP contribution in [0, 0.1) is 23.3 Å². The van der Waals surface area contributed by atoms with Crippen molar-refractivity contribution in [2.75, 3.05) is 132 Å². The van der Waals surface area contributed by atoms with Gasteiger partial charge in [0.2, 0.25) is 17.4 Å². The van der Waals surface area contributed by atoms with Crippen molar-refractivity contribution in [3.63, 3.8) is 0 Å². The standard InChI is InChI=1S/C32H50F4O13/c1-2-26(37)3-5-39-7-9-41-11-13-43-15-17-45-19-21-47-23-24-48-22-20-46-18-16-44-14-12-42-10-8-40-6-4-29(38)49-32-30(35)27(33)25-28(34)31(32)36/h25H,2-24H2,1H3. The molecular weight excluding hydrogens is 668 g/mol. The predicted octanol–water partition coefficient (Wildman–Crippen LogP) is 3.07. The summed E-state index contributed by atoms with van der Waals surface area (Å²) in [5, 5.41) is 0. The molecule has 1 aromatic rings. The molecule has 284 valence electrons. The predicted molar refractivity (Wildman–Crippen MR) is 165 cm³/mol. The summed E-state index contributed by atoms with van der Waals surface area (Å²) in [6.07, 6.45) is 0.589. The van der Waals surface area contributed by atoms with E-state index in [4.69, 9.17) is 47.4 Å². The summed E-state index contributed by atoms with van der Waals surface area (Å²) in [6.45, 7) is 9.25. The summed E-state index contributed by atoms with van der Waals surface area (Å²) in [5.74, 6) is -9.30. The van der Waals surface area contributed by atoms with E-state index in [1.54, 1.807) is 0 Å². The molecule has 0 unspecified atom stereocenters. The minimum absolute atomic E-state index is 0.0167. The average molecular weight is 719 g/mol. The van der Waals surface area contributed by atoms with E-state index in [2.05, 4.69) is 4.74 Å². The summed E-state index contributed by atoms with van der Waals surface area (Å²) in [4.78, 5) is 22.8. The van der Waals surface area contributed by atoms with Crippen LogP contribution in [-0.4, -0.2) is 144 Å². The Kier molecular flexibility index (Phi) is 28.9. The molecule has 0 aliphatic heterocycles. The number of hydrogen-bond donors (Lipinski definition) is 0. The fourth-order valence-corrected chi connectivity index (χ4v) is 3.41. The molecule has 0 saturated heterocycles. The van der Waals surface area contributed by atoms with Crippen molar-refractivity contribution in [3.05, 3.63) is 29.3 Å². The second kappa shape index (κ2) is 31.6. The average Bonchev–Trinajstić information content (AvgIpc) is 3.09. The van der Waals surface area contributed by atoms with Gasteiger partial charge in [-0.1, -0.05) is 6.92 Å². The Hall–Kier alpha value is -2.32. The Morgan fingerprint density at radius 3 is 1.00 bits per heavy atom. The molecule has 0 radical (unpaired) electrons. The van der Waals surface area contributed by atoms with Gasteiger partial charge in [-0.25, -0.2) is 8.78 Å². The fraction of sp³-hybridized carbons (Fsp3) is 0.750. The Balaban J connectivity index is 1.73. The maximum absolute atomic E-state index is 13.5. The van der Waals surface area contributed by atoms with Gasteiger partial charge >= 0.3 is 5.97 Å². The van der Waals surface area contributed by atoms with Gasteiger partial charge in [0.15, 0.2) is 11.6 Å². The normalized spacial score (nSPS) is 11.4. The summed E-state index contributed by atoms with van der Waals surface area (Å²) in [7, 11) is 0. The Morgan fingerprint density at radius 2 is 0.714 bits per heavy atom. The van der Waals surface area contributed by atoms with Crippen LogP contribution in [-0.2, 0) is 57.0 Å². The highest BCUT2D eigenvalue weighted by Crippen LogP contribution is 2.26. The molecule has 0 amide bonds. The number of carbonyl (C=O) groups excluding carboxylic acids is 2. The van der Waals surface area contributed by atoms with E-state index >= 15 is 0 Å². The minimum atomic E-state index is -1.79.